The van der Waals surface area contributed by atoms with Gasteiger partial charge in [-0.25, -0.2) is 0 Å². The van der Waals surface area contributed by atoms with Crippen LogP contribution in [0.4, 0.5) is 0 Å². The van der Waals surface area contributed by atoms with E-state index in [-0.39, 0.29) is 35.6 Å². The highest BCUT2D eigenvalue weighted by atomic mass is 127. The van der Waals surface area contributed by atoms with Crippen LogP contribution in [0.15, 0.2) is 29.3 Å². The van der Waals surface area contributed by atoms with Gasteiger partial charge in [-0.3, -0.25) is 4.99 Å². The van der Waals surface area contributed by atoms with Gasteiger partial charge in [-0.15, -0.1) is 24.0 Å². The lowest BCUT2D eigenvalue weighted by molar-refractivity contribution is 0.0693. The molecular weight excluding hydrogens is 429 g/mol. The molecule has 0 amide bonds. The summed E-state index contributed by atoms with van der Waals surface area (Å²) < 4.78 is 11.7. The molecule has 0 fully saturated rings. The summed E-state index contributed by atoms with van der Waals surface area (Å²) in [5.41, 5.74) is 0.979. The number of hydrogen-bond donors (Lipinski definition) is 2. The normalized spacial score (nSPS) is 18.6. The second kappa shape index (κ2) is 10.9. The Morgan fingerprint density at radius 2 is 2.08 bits per heavy atom. The van der Waals surface area contributed by atoms with Gasteiger partial charge >= 0.3 is 0 Å². The molecule has 1 aromatic carbocycles. The SMILES string of the molecule is CCCCOCCNC(=NC)NC1CC(C)(C)Oc2ccccc21.I. The van der Waals surface area contributed by atoms with Gasteiger partial charge in [-0.05, 0) is 26.3 Å². The summed E-state index contributed by atoms with van der Waals surface area (Å²) in [5, 5.41) is 6.85. The Labute approximate surface area is 169 Å². The second-order valence-corrected chi connectivity index (χ2v) is 6.77. The average Bonchev–Trinajstić information content (AvgIpc) is 2.55. The molecule has 1 atom stereocenters. The van der Waals surface area contributed by atoms with Crippen molar-refractivity contribution in [2.24, 2.45) is 4.99 Å². The lowest BCUT2D eigenvalue weighted by Crippen LogP contribution is -2.45. The summed E-state index contributed by atoms with van der Waals surface area (Å²) in [7, 11) is 1.80. The van der Waals surface area contributed by atoms with Crippen molar-refractivity contribution in [2.75, 3.05) is 26.8 Å². The van der Waals surface area contributed by atoms with E-state index >= 15 is 0 Å². The van der Waals surface area contributed by atoms with Crippen molar-refractivity contribution < 1.29 is 9.47 Å². The van der Waals surface area contributed by atoms with E-state index in [4.69, 9.17) is 9.47 Å². The Morgan fingerprint density at radius 1 is 1.32 bits per heavy atom. The van der Waals surface area contributed by atoms with Crippen molar-refractivity contribution in [1.82, 2.24) is 10.6 Å². The standard InChI is InChI=1S/C19H31N3O2.HI/c1-5-6-12-23-13-11-21-18(20-4)22-16-14-19(2,3)24-17-10-8-7-9-15(16)17;/h7-10,16H,5-6,11-14H2,1-4H3,(H2,20,21,22);1H. The number of unbranched alkanes of at least 4 members (excludes halogenated alkanes) is 1. The van der Waals surface area contributed by atoms with E-state index in [2.05, 4.69) is 42.5 Å². The van der Waals surface area contributed by atoms with Crippen molar-refractivity contribution in [3.63, 3.8) is 0 Å². The van der Waals surface area contributed by atoms with Crippen molar-refractivity contribution in [3.05, 3.63) is 29.8 Å². The van der Waals surface area contributed by atoms with Gasteiger partial charge in [0.2, 0.25) is 0 Å². The van der Waals surface area contributed by atoms with E-state index < -0.39 is 0 Å². The number of halogens is 1. The maximum atomic E-state index is 6.08. The Bertz CT molecular complexity index is 549. The molecule has 2 N–H and O–H groups in total. The molecule has 142 valence electrons. The number of guanidine groups is 1. The number of hydrogen-bond acceptors (Lipinski definition) is 3. The minimum atomic E-state index is -0.200. The van der Waals surface area contributed by atoms with Crippen LogP contribution in [0.1, 0.15) is 51.6 Å². The van der Waals surface area contributed by atoms with E-state index in [0.717, 1.165) is 44.1 Å². The molecule has 2 rings (SSSR count). The lowest BCUT2D eigenvalue weighted by atomic mass is 9.90. The molecule has 0 saturated carbocycles. The van der Waals surface area contributed by atoms with E-state index in [0.29, 0.717) is 6.61 Å². The van der Waals surface area contributed by atoms with Gasteiger partial charge in [0.15, 0.2) is 5.96 Å². The molecular formula is C19H32IN3O2. The Hall–Kier alpha value is -1.02. The summed E-state index contributed by atoms with van der Waals surface area (Å²) >= 11 is 0. The molecule has 0 spiro atoms. The highest BCUT2D eigenvalue weighted by molar-refractivity contribution is 14.0. The molecule has 1 aliphatic heterocycles. The molecule has 1 aliphatic rings. The van der Waals surface area contributed by atoms with Crippen LogP contribution < -0.4 is 15.4 Å². The van der Waals surface area contributed by atoms with E-state index in [1.54, 1.807) is 7.05 Å². The maximum Gasteiger partial charge on any atom is 0.191 e. The highest BCUT2D eigenvalue weighted by Gasteiger charge is 2.33. The number of fused-ring (bicyclic) bond motifs is 1. The fraction of sp³-hybridized carbons (Fsp3) is 0.632. The van der Waals surface area contributed by atoms with Crippen LogP contribution in [-0.2, 0) is 4.74 Å². The summed E-state index contributed by atoms with van der Waals surface area (Å²) in [6.45, 7) is 8.67. The first-order valence-electron chi connectivity index (χ1n) is 8.88. The van der Waals surface area contributed by atoms with Gasteiger partial charge in [0.25, 0.3) is 0 Å². The molecule has 1 aromatic rings. The molecule has 1 heterocycles. The van der Waals surface area contributed by atoms with Crippen LogP contribution in [0, 0.1) is 0 Å². The third kappa shape index (κ3) is 7.01. The Balaban J connectivity index is 0.00000312. The van der Waals surface area contributed by atoms with E-state index in [1.165, 1.54) is 5.56 Å². The predicted molar refractivity (Wildman–Crippen MR) is 114 cm³/mol. The smallest absolute Gasteiger partial charge is 0.191 e. The van der Waals surface area contributed by atoms with Crippen LogP contribution in [0.25, 0.3) is 0 Å². The van der Waals surface area contributed by atoms with Crippen LogP contribution in [0.5, 0.6) is 5.75 Å². The average molecular weight is 461 g/mol. The van der Waals surface area contributed by atoms with Gasteiger partial charge in [0.05, 0.1) is 12.6 Å². The van der Waals surface area contributed by atoms with Gasteiger partial charge in [0, 0.05) is 32.2 Å². The van der Waals surface area contributed by atoms with Crippen molar-refractivity contribution in [1.29, 1.82) is 0 Å². The molecule has 0 saturated heterocycles. The first kappa shape index (κ1) is 22.0. The van der Waals surface area contributed by atoms with Crippen molar-refractivity contribution >= 4 is 29.9 Å². The minimum absolute atomic E-state index is 0. The predicted octanol–water partition coefficient (Wildman–Crippen LogP) is 3.89. The molecule has 5 nitrogen and oxygen atoms in total. The fourth-order valence-corrected chi connectivity index (χ4v) is 2.88. The fourth-order valence-electron chi connectivity index (χ4n) is 2.88. The minimum Gasteiger partial charge on any atom is -0.487 e. The number of nitrogens with one attached hydrogen (secondary N) is 2. The summed E-state index contributed by atoms with van der Waals surface area (Å²) in [5.74, 6) is 1.75. The van der Waals surface area contributed by atoms with Crippen LogP contribution in [0.2, 0.25) is 0 Å². The Kier molecular flexibility index (Phi) is 9.56. The zero-order valence-electron chi connectivity index (χ0n) is 15.8. The van der Waals surface area contributed by atoms with E-state index in [9.17, 15) is 0 Å². The molecule has 1 unspecified atom stereocenters. The number of aliphatic imine (C=N–C) groups is 1. The van der Waals surface area contributed by atoms with Gasteiger partial charge in [-0.1, -0.05) is 31.5 Å². The third-order valence-corrected chi connectivity index (χ3v) is 4.09. The molecule has 0 bridgehead atoms. The molecule has 0 radical (unpaired) electrons. The number of ether oxygens (including phenoxy) is 2. The quantitative estimate of drug-likeness (QED) is 0.280. The topological polar surface area (TPSA) is 54.9 Å². The summed E-state index contributed by atoms with van der Waals surface area (Å²) in [6, 6.07) is 8.38. The highest BCUT2D eigenvalue weighted by Crippen LogP contribution is 2.39. The summed E-state index contributed by atoms with van der Waals surface area (Å²) in [6.07, 6.45) is 3.16. The van der Waals surface area contributed by atoms with Gasteiger partial charge < -0.3 is 20.1 Å². The number of para-hydroxylation sites is 1. The molecule has 0 aromatic heterocycles. The first-order valence-corrected chi connectivity index (χ1v) is 8.88. The lowest BCUT2D eigenvalue weighted by Gasteiger charge is -2.38. The zero-order valence-corrected chi connectivity index (χ0v) is 18.1. The molecule has 6 heteroatoms. The second-order valence-electron chi connectivity index (χ2n) is 6.77. The monoisotopic (exact) mass is 461 g/mol. The van der Waals surface area contributed by atoms with E-state index in [1.807, 2.05) is 18.2 Å². The van der Waals surface area contributed by atoms with Crippen LogP contribution in [0.3, 0.4) is 0 Å². The summed E-state index contributed by atoms with van der Waals surface area (Å²) in [4.78, 5) is 4.33. The van der Waals surface area contributed by atoms with Gasteiger partial charge in [0.1, 0.15) is 11.4 Å². The number of benzene rings is 1. The van der Waals surface area contributed by atoms with Crippen molar-refractivity contribution in [2.45, 2.75) is 51.7 Å². The number of nitrogens with zero attached hydrogens (tertiary/aromatic N) is 1. The third-order valence-electron chi connectivity index (χ3n) is 4.09. The van der Waals surface area contributed by atoms with Crippen LogP contribution in [-0.4, -0.2) is 38.4 Å². The maximum absolute atomic E-state index is 6.08. The number of rotatable bonds is 7. The van der Waals surface area contributed by atoms with Crippen LogP contribution >= 0.6 is 24.0 Å². The largest absolute Gasteiger partial charge is 0.487 e. The Morgan fingerprint density at radius 3 is 2.80 bits per heavy atom. The molecule has 25 heavy (non-hydrogen) atoms. The molecule has 0 aliphatic carbocycles. The van der Waals surface area contributed by atoms with Gasteiger partial charge in [-0.2, -0.15) is 0 Å². The van der Waals surface area contributed by atoms with Crippen molar-refractivity contribution in [3.8, 4) is 5.75 Å². The zero-order chi connectivity index (χ0) is 17.4. The first-order chi connectivity index (χ1) is 11.6.